The molecule has 1 aliphatic heterocycles. The summed E-state index contributed by atoms with van der Waals surface area (Å²) < 4.78 is 0. The molecule has 0 saturated heterocycles. The van der Waals surface area contributed by atoms with E-state index in [0.717, 1.165) is 5.70 Å². The monoisotopic (exact) mass is 670 g/mol. The first kappa shape index (κ1) is 31.1. The van der Waals surface area contributed by atoms with Gasteiger partial charge in [0.05, 0.1) is 6.04 Å². The lowest BCUT2D eigenvalue weighted by molar-refractivity contribution is 0.443. The second-order valence-corrected chi connectivity index (χ2v) is 15.8. The average molecular weight is 671 g/mol. The maximum atomic E-state index is 4.03. The predicted molar refractivity (Wildman–Crippen MR) is 217 cm³/mol. The zero-order valence-electron chi connectivity index (χ0n) is 30.2. The highest BCUT2D eigenvalue weighted by atomic mass is 15.2. The first-order chi connectivity index (χ1) is 25.3. The molecule has 0 radical (unpaired) electrons. The van der Waals surface area contributed by atoms with Crippen LogP contribution in [-0.2, 0) is 10.8 Å². The number of hydrogen-bond acceptors (Lipinski definition) is 2. The quantitative estimate of drug-likeness (QED) is 0.195. The molecule has 2 atom stereocenters. The Kier molecular flexibility index (Phi) is 6.81. The van der Waals surface area contributed by atoms with Gasteiger partial charge in [-0.25, -0.2) is 0 Å². The van der Waals surface area contributed by atoms with E-state index < -0.39 is 0 Å². The van der Waals surface area contributed by atoms with Crippen LogP contribution >= 0.6 is 0 Å². The van der Waals surface area contributed by atoms with Gasteiger partial charge in [0.2, 0.25) is 0 Å². The Hall–Kier alpha value is -5.70. The van der Waals surface area contributed by atoms with E-state index in [-0.39, 0.29) is 23.0 Å². The van der Waals surface area contributed by atoms with Gasteiger partial charge in [0.25, 0.3) is 0 Å². The molecule has 52 heavy (non-hydrogen) atoms. The maximum absolute atomic E-state index is 4.03. The molecule has 2 aliphatic carbocycles. The molecule has 10 rings (SSSR count). The van der Waals surface area contributed by atoms with E-state index in [2.05, 4.69) is 196 Å². The molecule has 252 valence electrons. The number of benzene rings is 7. The van der Waals surface area contributed by atoms with Crippen LogP contribution in [0.5, 0.6) is 0 Å². The minimum Gasteiger partial charge on any atom is -0.366 e. The van der Waals surface area contributed by atoms with Crippen molar-refractivity contribution in [3.05, 3.63) is 197 Å². The molecule has 2 unspecified atom stereocenters. The van der Waals surface area contributed by atoms with Gasteiger partial charge in [-0.05, 0) is 95.7 Å². The number of rotatable bonds is 4. The third kappa shape index (κ3) is 4.54. The van der Waals surface area contributed by atoms with E-state index in [1.807, 2.05) is 0 Å². The van der Waals surface area contributed by atoms with Gasteiger partial charge in [-0.3, -0.25) is 5.32 Å². The fraction of sp³-hybridized carbons (Fsp3) is 0.160. The van der Waals surface area contributed by atoms with Gasteiger partial charge in [0, 0.05) is 22.1 Å². The molecule has 0 amide bonds. The summed E-state index contributed by atoms with van der Waals surface area (Å²) >= 11 is 0. The summed E-state index contributed by atoms with van der Waals surface area (Å²) in [7, 11) is 0. The first-order valence-corrected chi connectivity index (χ1v) is 18.6. The van der Waals surface area contributed by atoms with Gasteiger partial charge in [-0.15, -0.1) is 0 Å². The lowest BCUT2D eigenvalue weighted by Crippen LogP contribution is -2.39. The predicted octanol–water partition coefficient (Wildman–Crippen LogP) is 12.1. The van der Waals surface area contributed by atoms with Gasteiger partial charge in [-0.1, -0.05) is 167 Å². The smallest absolute Gasteiger partial charge is 0.104 e. The standard InChI is InChI=1S/C50H42N2/c1-49(2)40-25-13-12-22-37(40)47-38(24-15-27-42(47)49)45-30-44(51-48(52-45)31-16-6-5-7-17-31)35-21-11-10-20-34(35)36-23-14-26-41-46(36)39-28-32-18-8-9-19-33(32)29-43(39)50(41,3)4/h5-30,45,48,51-52H,1-4H3. The van der Waals surface area contributed by atoms with Crippen LogP contribution in [0, 0.1) is 0 Å². The molecule has 2 N–H and O–H groups in total. The molecule has 0 spiro atoms. The van der Waals surface area contributed by atoms with E-state index in [1.54, 1.807) is 0 Å². The van der Waals surface area contributed by atoms with Crippen molar-refractivity contribution in [3.8, 4) is 33.4 Å². The summed E-state index contributed by atoms with van der Waals surface area (Å²) in [6, 6.07) is 56.2. The van der Waals surface area contributed by atoms with Crippen LogP contribution in [-0.4, -0.2) is 0 Å². The zero-order chi connectivity index (χ0) is 35.2. The Morgan fingerprint density at radius 1 is 0.442 bits per heavy atom. The Labute approximate surface area is 306 Å². The van der Waals surface area contributed by atoms with Crippen LogP contribution < -0.4 is 10.6 Å². The summed E-state index contributed by atoms with van der Waals surface area (Å²) in [6.45, 7) is 9.49. The molecule has 0 fully saturated rings. The van der Waals surface area contributed by atoms with E-state index in [0.29, 0.717) is 0 Å². The minimum atomic E-state index is -0.104. The van der Waals surface area contributed by atoms with Gasteiger partial charge in [0.1, 0.15) is 6.17 Å². The molecule has 7 aromatic carbocycles. The average Bonchev–Trinajstić information content (AvgIpc) is 3.56. The van der Waals surface area contributed by atoms with Crippen molar-refractivity contribution in [3.63, 3.8) is 0 Å². The maximum Gasteiger partial charge on any atom is 0.104 e. The van der Waals surface area contributed by atoms with Crippen LogP contribution in [0.25, 0.3) is 49.9 Å². The van der Waals surface area contributed by atoms with Crippen molar-refractivity contribution in [2.45, 2.75) is 50.7 Å². The summed E-state index contributed by atoms with van der Waals surface area (Å²) in [5.74, 6) is 0. The summed E-state index contributed by atoms with van der Waals surface area (Å²) in [5, 5.41) is 10.6. The fourth-order valence-electron chi connectivity index (χ4n) is 9.50. The van der Waals surface area contributed by atoms with Crippen molar-refractivity contribution >= 4 is 16.5 Å². The summed E-state index contributed by atoms with van der Waals surface area (Å²) in [5.41, 5.74) is 18.2. The lowest BCUT2D eigenvalue weighted by Gasteiger charge is -2.35. The summed E-state index contributed by atoms with van der Waals surface area (Å²) in [6.07, 6.45) is 2.35. The Balaban J connectivity index is 1.17. The van der Waals surface area contributed by atoms with Crippen LogP contribution in [0.1, 0.15) is 78.8 Å². The molecule has 3 aliphatic rings. The van der Waals surface area contributed by atoms with Crippen LogP contribution in [0.15, 0.2) is 158 Å². The van der Waals surface area contributed by atoms with Crippen molar-refractivity contribution < 1.29 is 0 Å². The van der Waals surface area contributed by atoms with Crippen molar-refractivity contribution in [1.82, 2.24) is 10.6 Å². The molecular formula is C50H42N2. The van der Waals surface area contributed by atoms with E-state index in [9.17, 15) is 0 Å². The molecule has 0 bridgehead atoms. The fourth-order valence-corrected chi connectivity index (χ4v) is 9.50. The molecule has 7 aromatic rings. The first-order valence-electron chi connectivity index (χ1n) is 18.6. The molecule has 2 nitrogen and oxygen atoms in total. The molecular weight excluding hydrogens is 629 g/mol. The van der Waals surface area contributed by atoms with Crippen molar-refractivity contribution in [2.24, 2.45) is 0 Å². The second-order valence-electron chi connectivity index (χ2n) is 15.8. The Morgan fingerprint density at radius 3 is 1.81 bits per heavy atom. The number of nitrogens with one attached hydrogen (secondary N) is 2. The SMILES string of the molecule is CC1(C)c2cc3ccccc3cc2-c2c(-c3ccccc3C3=CC(c4cccc5c4-c4ccccc4C5(C)C)NC(c4ccccc4)N3)cccc21. The van der Waals surface area contributed by atoms with Gasteiger partial charge in [0.15, 0.2) is 0 Å². The second kappa shape index (κ2) is 11.4. The highest BCUT2D eigenvalue weighted by molar-refractivity contribution is 6.00. The van der Waals surface area contributed by atoms with Gasteiger partial charge < -0.3 is 5.32 Å². The van der Waals surface area contributed by atoms with E-state index in [1.165, 1.54) is 83.1 Å². The zero-order valence-corrected chi connectivity index (χ0v) is 30.2. The minimum absolute atomic E-state index is 0.0149. The molecule has 2 heteroatoms. The topological polar surface area (TPSA) is 24.1 Å². The van der Waals surface area contributed by atoms with Gasteiger partial charge >= 0.3 is 0 Å². The molecule has 1 heterocycles. The summed E-state index contributed by atoms with van der Waals surface area (Å²) in [4.78, 5) is 0. The van der Waals surface area contributed by atoms with Crippen LogP contribution in [0.4, 0.5) is 0 Å². The van der Waals surface area contributed by atoms with Crippen LogP contribution in [0.2, 0.25) is 0 Å². The molecule has 0 aromatic heterocycles. The van der Waals surface area contributed by atoms with E-state index in [4.69, 9.17) is 0 Å². The number of fused-ring (bicyclic) bond motifs is 7. The van der Waals surface area contributed by atoms with Gasteiger partial charge in [-0.2, -0.15) is 0 Å². The number of hydrogen-bond donors (Lipinski definition) is 2. The van der Waals surface area contributed by atoms with Crippen molar-refractivity contribution in [1.29, 1.82) is 0 Å². The third-order valence-corrected chi connectivity index (χ3v) is 12.2. The van der Waals surface area contributed by atoms with Crippen LogP contribution in [0.3, 0.4) is 0 Å². The highest BCUT2D eigenvalue weighted by Gasteiger charge is 2.39. The van der Waals surface area contributed by atoms with Crippen molar-refractivity contribution in [2.75, 3.05) is 0 Å². The Bertz CT molecular complexity index is 2590. The van der Waals surface area contributed by atoms with E-state index >= 15 is 0 Å². The lowest BCUT2D eigenvalue weighted by atomic mass is 9.81. The largest absolute Gasteiger partial charge is 0.366 e. The molecule has 0 saturated carbocycles. The Morgan fingerprint density at radius 2 is 1.02 bits per heavy atom. The highest BCUT2D eigenvalue weighted by Crippen LogP contribution is 2.54. The normalized spacial score (nSPS) is 18.9. The third-order valence-electron chi connectivity index (χ3n) is 12.2.